The van der Waals surface area contributed by atoms with Gasteiger partial charge >= 0.3 is 0 Å². The second kappa shape index (κ2) is 12.2. The van der Waals surface area contributed by atoms with Gasteiger partial charge in [-0.05, 0) is 149 Å². The lowest BCUT2D eigenvalue weighted by Crippen LogP contribution is -2.51. The zero-order valence-corrected chi connectivity index (χ0v) is 27.1. The van der Waals surface area contributed by atoms with Crippen LogP contribution >= 0.6 is 0 Å². The van der Waals surface area contributed by atoms with Crippen LogP contribution in [0.3, 0.4) is 0 Å². The predicted molar refractivity (Wildman–Crippen MR) is 166 cm³/mol. The molecule has 0 radical (unpaired) electrons. The van der Waals surface area contributed by atoms with Gasteiger partial charge in [0.1, 0.15) is 0 Å². The molecule has 2 heteroatoms. The molecule has 1 N–H and O–H groups in total. The highest BCUT2D eigenvalue weighted by Gasteiger charge is 2.58. The van der Waals surface area contributed by atoms with Gasteiger partial charge in [0.15, 0.2) is 0 Å². The van der Waals surface area contributed by atoms with Gasteiger partial charge < -0.3 is 5.32 Å². The van der Waals surface area contributed by atoms with E-state index in [0.29, 0.717) is 17.0 Å². The molecule has 4 rings (SSSR count). The molecule has 0 heterocycles. The van der Waals surface area contributed by atoms with Gasteiger partial charge in [-0.15, -0.1) is 0 Å². The molecule has 11 atom stereocenters. The lowest BCUT2D eigenvalue weighted by atomic mass is 9.46. The van der Waals surface area contributed by atoms with Crippen molar-refractivity contribution in [1.29, 1.82) is 0 Å². The topological polar surface area (TPSA) is 15.3 Å². The van der Waals surface area contributed by atoms with E-state index in [0.717, 1.165) is 65.5 Å². The number of nitrogens with one attached hydrogen (secondary N) is 1. The Labute approximate surface area is 238 Å². The number of allylic oxidation sites excluding steroid dienone is 1. The molecular weight excluding hydrogens is 460 g/mol. The summed E-state index contributed by atoms with van der Waals surface area (Å²) in [7, 11) is 0. The van der Waals surface area contributed by atoms with Gasteiger partial charge in [-0.25, -0.2) is 0 Å². The predicted octanol–water partition coefficient (Wildman–Crippen LogP) is 9.76. The maximum absolute atomic E-state index is 4.10. The fourth-order valence-electron chi connectivity index (χ4n) is 11.3. The van der Waals surface area contributed by atoms with Crippen LogP contribution in [-0.4, -0.2) is 24.2 Å². The minimum Gasteiger partial charge on any atom is -0.374 e. The fourth-order valence-corrected chi connectivity index (χ4v) is 11.3. The minimum atomic E-state index is 0.376. The van der Waals surface area contributed by atoms with Gasteiger partial charge in [0.05, 0.1) is 6.17 Å². The quantitative estimate of drug-likeness (QED) is 0.269. The van der Waals surface area contributed by atoms with Crippen LogP contribution in [-0.2, 0) is 0 Å². The fraction of sp³-hybridized carbons (Fsp3) is 0.944. The SMILES string of the molecule is C=C(C)N[C@H](C)N(CC)C[C@H](C)[C@H]1CC[C@H]2C3CCC4C[C@](C[C@@H](C)CC)(C(C)C)CC[C@@H]4[C@H]3CC[C@]12C. The molecule has 0 aromatic heterocycles. The van der Waals surface area contributed by atoms with Crippen LogP contribution in [0.2, 0.25) is 0 Å². The summed E-state index contributed by atoms with van der Waals surface area (Å²) in [4.78, 5) is 2.65. The Morgan fingerprint density at radius 1 is 0.921 bits per heavy atom. The van der Waals surface area contributed by atoms with Gasteiger partial charge in [0, 0.05) is 12.2 Å². The van der Waals surface area contributed by atoms with Crippen LogP contribution in [0.5, 0.6) is 0 Å². The van der Waals surface area contributed by atoms with Gasteiger partial charge in [0.2, 0.25) is 0 Å². The molecule has 4 fully saturated rings. The Hall–Kier alpha value is -0.500. The largest absolute Gasteiger partial charge is 0.374 e. The summed E-state index contributed by atoms with van der Waals surface area (Å²) in [5, 5.41) is 3.58. The van der Waals surface area contributed by atoms with Gasteiger partial charge in [-0.3, -0.25) is 4.90 Å². The van der Waals surface area contributed by atoms with Crippen molar-refractivity contribution in [3.8, 4) is 0 Å². The molecule has 38 heavy (non-hydrogen) atoms. The van der Waals surface area contributed by atoms with Crippen LogP contribution in [0, 0.1) is 64.1 Å². The third-order valence-corrected chi connectivity index (χ3v) is 13.5. The highest BCUT2D eigenvalue weighted by Crippen LogP contribution is 2.67. The Balaban J connectivity index is 1.43. The van der Waals surface area contributed by atoms with Crippen molar-refractivity contribution < 1.29 is 0 Å². The van der Waals surface area contributed by atoms with Crippen LogP contribution in [0.25, 0.3) is 0 Å². The summed E-state index contributed by atoms with van der Waals surface area (Å²) in [5.41, 5.74) is 2.28. The zero-order chi connectivity index (χ0) is 27.8. The van der Waals surface area contributed by atoms with E-state index in [1.165, 1.54) is 51.5 Å². The van der Waals surface area contributed by atoms with Crippen LogP contribution < -0.4 is 5.32 Å². The van der Waals surface area contributed by atoms with E-state index in [-0.39, 0.29) is 0 Å². The zero-order valence-electron chi connectivity index (χ0n) is 27.1. The maximum Gasteiger partial charge on any atom is 0.0761 e. The summed E-state index contributed by atoms with van der Waals surface area (Å²) >= 11 is 0. The van der Waals surface area contributed by atoms with Crippen LogP contribution in [0.1, 0.15) is 133 Å². The molecule has 0 aliphatic heterocycles. The Bertz CT molecular complexity index is 788. The van der Waals surface area contributed by atoms with Crippen LogP contribution in [0.15, 0.2) is 12.3 Å². The summed E-state index contributed by atoms with van der Waals surface area (Å²) in [5.74, 6) is 8.54. The lowest BCUT2D eigenvalue weighted by Gasteiger charge is -2.59. The third-order valence-electron chi connectivity index (χ3n) is 13.5. The number of nitrogens with zero attached hydrogens (tertiary/aromatic N) is 1. The van der Waals surface area contributed by atoms with Crippen molar-refractivity contribution in [2.24, 2.45) is 64.1 Å². The number of hydrogen-bond donors (Lipinski definition) is 1. The van der Waals surface area contributed by atoms with E-state index < -0.39 is 0 Å². The average Bonchev–Trinajstić information content (AvgIpc) is 3.23. The average molecular weight is 527 g/mol. The van der Waals surface area contributed by atoms with Crippen LogP contribution in [0.4, 0.5) is 0 Å². The first-order valence-electron chi connectivity index (χ1n) is 17.1. The van der Waals surface area contributed by atoms with E-state index in [9.17, 15) is 0 Å². The molecule has 4 saturated carbocycles. The smallest absolute Gasteiger partial charge is 0.0761 e. The van der Waals surface area contributed by atoms with Gasteiger partial charge in [0.25, 0.3) is 0 Å². The number of fused-ring (bicyclic) bond motifs is 5. The Kier molecular flexibility index (Phi) is 9.75. The monoisotopic (exact) mass is 527 g/mol. The van der Waals surface area contributed by atoms with Crippen molar-refractivity contribution in [3.05, 3.63) is 12.3 Å². The van der Waals surface area contributed by atoms with Gasteiger partial charge in [-0.1, -0.05) is 61.5 Å². The first-order chi connectivity index (χ1) is 18.0. The molecule has 2 nitrogen and oxygen atoms in total. The van der Waals surface area contributed by atoms with E-state index >= 15 is 0 Å². The van der Waals surface area contributed by atoms with Crippen molar-refractivity contribution in [2.75, 3.05) is 13.1 Å². The normalized spacial score (nSPS) is 41.2. The molecule has 0 bridgehead atoms. The van der Waals surface area contributed by atoms with Crippen molar-refractivity contribution in [2.45, 2.75) is 139 Å². The molecule has 4 aliphatic carbocycles. The van der Waals surface area contributed by atoms with E-state index in [1.54, 1.807) is 25.7 Å². The lowest BCUT2D eigenvalue weighted by molar-refractivity contribution is -0.0954. The van der Waals surface area contributed by atoms with Crippen molar-refractivity contribution in [3.63, 3.8) is 0 Å². The van der Waals surface area contributed by atoms with E-state index in [2.05, 4.69) is 79.1 Å². The summed E-state index contributed by atoms with van der Waals surface area (Å²) in [6.07, 6.45) is 16.9. The molecular formula is C36H66N2. The first-order valence-corrected chi connectivity index (χ1v) is 17.1. The second-order valence-electron chi connectivity index (χ2n) is 15.8. The molecule has 0 aromatic carbocycles. The summed E-state index contributed by atoms with van der Waals surface area (Å²) in [6.45, 7) is 28.5. The summed E-state index contributed by atoms with van der Waals surface area (Å²) < 4.78 is 0. The number of rotatable bonds is 11. The molecule has 0 aromatic rings. The highest BCUT2D eigenvalue weighted by atomic mass is 15.3. The molecule has 2 unspecified atom stereocenters. The van der Waals surface area contributed by atoms with E-state index in [1.807, 2.05) is 0 Å². The molecule has 0 saturated heterocycles. The molecule has 220 valence electrons. The number of hydrogen-bond acceptors (Lipinski definition) is 2. The Morgan fingerprint density at radius 3 is 2.26 bits per heavy atom. The highest BCUT2D eigenvalue weighted by molar-refractivity contribution is 5.08. The molecule has 0 spiro atoms. The second-order valence-corrected chi connectivity index (χ2v) is 15.8. The Morgan fingerprint density at radius 2 is 1.63 bits per heavy atom. The van der Waals surface area contributed by atoms with E-state index in [4.69, 9.17) is 0 Å². The van der Waals surface area contributed by atoms with Crippen molar-refractivity contribution in [1.82, 2.24) is 10.2 Å². The standard InChI is InChI=1S/C36H66N2/c1-11-26(7)21-36(24(3)4)20-18-30-29(22-36)13-14-32-31(30)17-19-35(10)33(15-16-34(32)35)27(8)23-38(12-2)28(9)37-25(5)6/h24,26-34,37H,5,11-23H2,1-4,6-10H3/t26-,27-,28-,29?,30-,31+,32?,33+,34-,35+,36-/m0/s1. The maximum atomic E-state index is 4.10. The third kappa shape index (κ3) is 5.78. The minimum absolute atomic E-state index is 0.376. The first kappa shape index (κ1) is 30.5. The summed E-state index contributed by atoms with van der Waals surface area (Å²) in [6, 6.07) is 0. The molecule has 0 amide bonds. The van der Waals surface area contributed by atoms with Gasteiger partial charge in [-0.2, -0.15) is 0 Å². The molecule has 4 aliphatic rings. The van der Waals surface area contributed by atoms with Crippen molar-refractivity contribution >= 4 is 0 Å².